The van der Waals surface area contributed by atoms with Gasteiger partial charge in [0, 0.05) is 38.9 Å². The smallest absolute Gasteiger partial charge is 0.251 e. The normalized spacial score (nSPS) is 17.4. The predicted molar refractivity (Wildman–Crippen MR) is 101 cm³/mol. The highest BCUT2D eigenvalue weighted by atomic mass is 16.5. The fourth-order valence-electron chi connectivity index (χ4n) is 2.87. The van der Waals surface area contributed by atoms with Crippen molar-refractivity contribution >= 4 is 11.9 Å². The molecular weight excluding hydrogens is 316 g/mol. The van der Waals surface area contributed by atoms with Crippen molar-refractivity contribution in [3.05, 3.63) is 35.4 Å². The van der Waals surface area contributed by atoms with Crippen molar-refractivity contribution in [2.75, 3.05) is 33.3 Å². The van der Waals surface area contributed by atoms with Gasteiger partial charge >= 0.3 is 0 Å². The van der Waals surface area contributed by atoms with E-state index in [1.54, 1.807) is 7.05 Å². The van der Waals surface area contributed by atoms with Crippen LogP contribution in [0.2, 0.25) is 0 Å². The predicted octanol–water partition coefficient (Wildman–Crippen LogP) is 1.71. The van der Waals surface area contributed by atoms with E-state index in [4.69, 9.17) is 4.74 Å². The topological polar surface area (TPSA) is 74.8 Å². The van der Waals surface area contributed by atoms with E-state index in [1.807, 2.05) is 24.3 Å². The summed E-state index contributed by atoms with van der Waals surface area (Å²) in [7, 11) is 1.65. The Morgan fingerprint density at radius 2 is 2.24 bits per heavy atom. The second-order valence-corrected chi connectivity index (χ2v) is 6.14. The third-order valence-electron chi connectivity index (χ3n) is 4.21. The van der Waals surface area contributed by atoms with E-state index in [9.17, 15) is 4.79 Å². The lowest BCUT2D eigenvalue weighted by Gasteiger charge is -2.12. The Bertz CT molecular complexity index is 568. The molecule has 1 fully saturated rings. The van der Waals surface area contributed by atoms with Crippen LogP contribution in [0.15, 0.2) is 29.3 Å². The molecule has 6 heteroatoms. The van der Waals surface area contributed by atoms with Crippen LogP contribution in [0.25, 0.3) is 0 Å². The van der Waals surface area contributed by atoms with Gasteiger partial charge in [0.15, 0.2) is 5.96 Å². The summed E-state index contributed by atoms with van der Waals surface area (Å²) in [5.41, 5.74) is 1.82. The summed E-state index contributed by atoms with van der Waals surface area (Å²) in [5, 5.41) is 9.27. The minimum Gasteiger partial charge on any atom is -0.378 e. The van der Waals surface area contributed by atoms with Crippen LogP contribution < -0.4 is 16.0 Å². The van der Waals surface area contributed by atoms with Crippen molar-refractivity contribution in [3.8, 4) is 0 Å². The molecule has 1 heterocycles. The standard InChI is InChI=1S/C19H30N4O2/c1-3-21-19(23-12-10-17-8-5-13-25-17)22-11-9-15-6-4-7-16(14-15)18(24)20-2/h4,6-7,14,17H,3,5,8-13H2,1-2H3,(H,20,24)(H2,21,22,23). The van der Waals surface area contributed by atoms with Crippen LogP contribution in [0, 0.1) is 0 Å². The zero-order chi connectivity index (χ0) is 17.9. The molecule has 0 saturated carbocycles. The summed E-state index contributed by atoms with van der Waals surface area (Å²) in [4.78, 5) is 16.3. The van der Waals surface area contributed by atoms with Gasteiger partial charge in [-0.2, -0.15) is 0 Å². The molecule has 1 aromatic carbocycles. The molecule has 0 radical (unpaired) electrons. The average Bonchev–Trinajstić information content (AvgIpc) is 3.15. The van der Waals surface area contributed by atoms with Crippen molar-refractivity contribution in [2.45, 2.75) is 38.7 Å². The molecule has 1 aliphatic heterocycles. The first-order valence-electron chi connectivity index (χ1n) is 9.17. The van der Waals surface area contributed by atoms with Gasteiger partial charge in [0.2, 0.25) is 0 Å². The van der Waals surface area contributed by atoms with Gasteiger partial charge in [0.25, 0.3) is 5.91 Å². The zero-order valence-electron chi connectivity index (χ0n) is 15.3. The van der Waals surface area contributed by atoms with E-state index < -0.39 is 0 Å². The van der Waals surface area contributed by atoms with Gasteiger partial charge in [-0.25, -0.2) is 0 Å². The molecule has 1 saturated heterocycles. The molecule has 0 spiro atoms. The zero-order valence-corrected chi connectivity index (χ0v) is 15.3. The highest BCUT2D eigenvalue weighted by molar-refractivity contribution is 5.94. The molecule has 1 unspecified atom stereocenters. The third-order valence-corrected chi connectivity index (χ3v) is 4.21. The number of nitrogens with one attached hydrogen (secondary N) is 3. The van der Waals surface area contributed by atoms with Gasteiger partial charge < -0.3 is 20.7 Å². The van der Waals surface area contributed by atoms with Gasteiger partial charge in [-0.15, -0.1) is 0 Å². The number of hydrogen-bond donors (Lipinski definition) is 3. The third kappa shape index (κ3) is 6.74. The average molecular weight is 346 g/mol. The van der Waals surface area contributed by atoms with Crippen LogP contribution in [-0.2, 0) is 11.2 Å². The lowest BCUT2D eigenvalue weighted by Crippen LogP contribution is -2.38. The molecule has 0 aromatic heterocycles. The number of nitrogens with zero attached hydrogens (tertiary/aromatic N) is 1. The van der Waals surface area contributed by atoms with E-state index in [2.05, 4.69) is 27.9 Å². The summed E-state index contributed by atoms with van der Waals surface area (Å²) in [6.45, 7) is 5.32. The highest BCUT2D eigenvalue weighted by Gasteiger charge is 2.14. The van der Waals surface area contributed by atoms with Crippen LogP contribution in [0.5, 0.6) is 0 Å². The van der Waals surface area contributed by atoms with Crippen molar-refractivity contribution in [1.82, 2.24) is 16.0 Å². The summed E-state index contributed by atoms with van der Waals surface area (Å²) in [6, 6.07) is 7.71. The molecule has 1 aromatic rings. The second kappa shape index (κ2) is 10.7. The van der Waals surface area contributed by atoms with Crippen LogP contribution >= 0.6 is 0 Å². The molecule has 0 bridgehead atoms. The number of carbonyl (C=O) groups excluding carboxylic acids is 1. The van der Waals surface area contributed by atoms with Crippen molar-refractivity contribution in [3.63, 3.8) is 0 Å². The summed E-state index contributed by atoms with van der Waals surface area (Å²) in [6.07, 6.45) is 4.51. The Hall–Kier alpha value is -2.08. The Balaban J connectivity index is 1.79. The van der Waals surface area contributed by atoms with Gasteiger partial charge in [-0.1, -0.05) is 12.1 Å². The van der Waals surface area contributed by atoms with Gasteiger partial charge in [0.05, 0.1) is 6.10 Å². The monoisotopic (exact) mass is 346 g/mol. The van der Waals surface area contributed by atoms with Crippen LogP contribution in [-0.4, -0.2) is 51.3 Å². The largest absolute Gasteiger partial charge is 0.378 e. The fourth-order valence-corrected chi connectivity index (χ4v) is 2.87. The second-order valence-electron chi connectivity index (χ2n) is 6.14. The van der Waals surface area contributed by atoms with Gasteiger partial charge in [0.1, 0.15) is 0 Å². The molecule has 2 rings (SSSR count). The molecule has 1 aliphatic rings. The molecule has 6 nitrogen and oxygen atoms in total. The molecule has 1 amide bonds. The maximum atomic E-state index is 11.7. The quantitative estimate of drug-likeness (QED) is 0.495. The van der Waals surface area contributed by atoms with Gasteiger partial charge in [-0.3, -0.25) is 9.79 Å². The molecule has 1 atom stereocenters. The maximum Gasteiger partial charge on any atom is 0.251 e. The first-order chi connectivity index (χ1) is 12.2. The molecular formula is C19H30N4O2. The molecule has 3 N–H and O–H groups in total. The maximum absolute atomic E-state index is 11.7. The number of carbonyl (C=O) groups is 1. The highest BCUT2D eigenvalue weighted by Crippen LogP contribution is 2.14. The number of aliphatic imine (C=N–C) groups is 1. The minimum absolute atomic E-state index is 0.0566. The Labute approximate surface area is 150 Å². The Morgan fingerprint density at radius 1 is 1.36 bits per heavy atom. The lowest BCUT2D eigenvalue weighted by atomic mass is 10.1. The SMILES string of the molecule is CCNC(=NCCC1CCCO1)NCCc1cccc(C(=O)NC)c1. The summed E-state index contributed by atoms with van der Waals surface area (Å²) in [5.74, 6) is 0.779. The first-order valence-corrected chi connectivity index (χ1v) is 9.17. The van der Waals surface area contributed by atoms with Crippen LogP contribution in [0.4, 0.5) is 0 Å². The van der Waals surface area contributed by atoms with E-state index in [0.717, 1.165) is 57.0 Å². The van der Waals surface area contributed by atoms with E-state index >= 15 is 0 Å². The summed E-state index contributed by atoms with van der Waals surface area (Å²) < 4.78 is 5.63. The van der Waals surface area contributed by atoms with Gasteiger partial charge in [-0.05, 0) is 50.3 Å². The fraction of sp³-hybridized carbons (Fsp3) is 0.579. The Morgan fingerprint density at radius 3 is 2.96 bits per heavy atom. The van der Waals surface area contributed by atoms with Crippen LogP contribution in [0.3, 0.4) is 0 Å². The molecule has 0 aliphatic carbocycles. The molecule has 138 valence electrons. The van der Waals surface area contributed by atoms with E-state index in [-0.39, 0.29) is 5.91 Å². The number of hydrogen-bond acceptors (Lipinski definition) is 3. The minimum atomic E-state index is -0.0566. The van der Waals surface area contributed by atoms with Crippen molar-refractivity contribution < 1.29 is 9.53 Å². The first kappa shape index (κ1) is 19.2. The lowest BCUT2D eigenvalue weighted by molar-refractivity contribution is 0.0963. The number of guanidine groups is 1. The summed E-state index contributed by atoms with van der Waals surface area (Å²) >= 11 is 0. The number of amides is 1. The number of rotatable bonds is 8. The van der Waals surface area contributed by atoms with Crippen molar-refractivity contribution in [2.24, 2.45) is 4.99 Å². The number of ether oxygens (including phenoxy) is 1. The number of benzene rings is 1. The van der Waals surface area contributed by atoms with E-state index in [0.29, 0.717) is 11.7 Å². The van der Waals surface area contributed by atoms with E-state index in [1.165, 1.54) is 6.42 Å². The van der Waals surface area contributed by atoms with Crippen molar-refractivity contribution in [1.29, 1.82) is 0 Å². The Kier molecular flexibility index (Phi) is 8.25. The van der Waals surface area contributed by atoms with Crippen LogP contribution in [0.1, 0.15) is 42.1 Å². The molecule has 25 heavy (non-hydrogen) atoms.